The minimum atomic E-state index is -3.83. The van der Waals surface area contributed by atoms with Crippen LogP contribution in [-0.2, 0) is 21.4 Å². The molecule has 1 aromatic carbocycles. The van der Waals surface area contributed by atoms with E-state index in [1.54, 1.807) is 0 Å². The van der Waals surface area contributed by atoms with Crippen LogP contribution < -0.4 is 4.72 Å². The maximum atomic E-state index is 13.7. The van der Waals surface area contributed by atoms with E-state index in [1.807, 2.05) is 0 Å². The van der Waals surface area contributed by atoms with Crippen LogP contribution >= 0.6 is 0 Å². The minimum Gasteiger partial charge on any atom is -0.392 e. The van der Waals surface area contributed by atoms with Crippen molar-refractivity contribution in [2.75, 3.05) is 13.2 Å². The zero-order valence-electron chi connectivity index (χ0n) is 11.2. The standard InChI is InChI=1S/C13H18FNO4S/c1-9-12(14)5-10(7-16)6-13(9)20(17,18)15-11-3-2-4-19-8-11/h5-6,11,15-16H,2-4,7-8H2,1H3. The highest BCUT2D eigenvalue weighted by molar-refractivity contribution is 7.89. The smallest absolute Gasteiger partial charge is 0.241 e. The molecule has 0 saturated carbocycles. The number of hydrogen-bond acceptors (Lipinski definition) is 4. The topological polar surface area (TPSA) is 75.6 Å². The Labute approximate surface area is 117 Å². The van der Waals surface area contributed by atoms with E-state index in [1.165, 1.54) is 13.0 Å². The fourth-order valence-electron chi connectivity index (χ4n) is 2.19. The Balaban J connectivity index is 2.30. The molecule has 7 heteroatoms. The molecule has 1 unspecified atom stereocenters. The number of sulfonamides is 1. The van der Waals surface area contributed by atoms with Crippen LogP contribution in [0, 0.1) is 12.7 Å². The first-order valence-corrected chi connectivity index (χ1v) is 7.92. The highest BCUT2D eigenvalue weighted by atomic mass is 32.2. The Hall–Kier alpha value is -1.02. The van der Waals surface area contributed by atoms with Crippen LogP contribution in [0.3, 0.4) is 0 Å². The Morgan fingerprint density at radius 2 is 2.25 bits per heavy atom. The fraction of sp³-hybridized carbons (Fsp3) is 0.538. The van der Waals surface area contributed by atoms with Crippen molar-refractivity contribution in [2.45, 2.75) is 37.3 Å². The van der Waals surface area contributed by atoms with Crippen LogP contribution in [0.2, 0.25) is 0 Å². The summed E-state index contributed by atoms with van der Waals surface area (Å²) < 4.78 is 46.1. The van der Waals surface area contributed by atoms with Gasteiger partial charge in [-0.15, -0.1) is 0 Å². The summed E-state index contributed by atoms with van der Waals surface area (Å²) in [7, 11) is -3.83. The average molecular weight is 303 g/mol. The molecule has 1 fully saturated rings. The number of halogens is 1. The number of rotatable bonds is 4. The molecule has 0 bridgehead atoms. The molecule has 5 nitrogen and oxygen atoms in total. The maximum absolute atomic E-state index is 13.7. The molecule has 2 rings (SSSR count). The number of nitrogens with one attached hydrogen (secondary N) is 1. The molecule has 0 spiro atoms. The van der Waals surface area contributed by atoms with Crippen molar-refractivity contribution in [3.05, 3.63) is 29.1 Å². The maximum Gasteiger partial charge on any atom is 0.241 e. The van der Waals surface area contributed by atoms with Crippen LogP contribution in [-0.4, -0.2) is 32.8 Å². The molecule has 0 radical (unpaired) electrons. The van der Waals surface area contributed by atoms with Gasteiger partial charge in [-0.3, -0.25) is 0 Å². The third-order valence-corrected chi connectivity index (χ3v) is 4.96. The van der Waals surface area contributed by atoms with Gasteiger partial charge in [-0.05, 0) is 37.5 Å². The highest BCUT2D eigenvalue weighted by Crippen LogP contribution is 2.21. The normalized spacial score (nSPS) is 20.1. The Morgan fingerprint density at radius 3 is 2.85 bits per heavy atom. The van der Waals surface area contributed by atoms with Gasteiger partial charge in [-0.2, -0.15) is 0 Å². The van der Waals surface area contributed by atoms with E-state index in [-0.39, 0.29) is 22.1 Å². The first-order chi connectivity index (χ1) is 9.44. The first-order valence-electron chi connectivity index (χ1n) is 6.44. The summed E-state index contributed by atoms with van der Waals surface area (Å²) >= 11 is 0. The SMILES string of the molecule is Cc1c(F)cc(CO)cc1S(=O)(=O)NC1CCCOC1. The van der Waals surface area contributed by atoms with E-state index in [4.69, 9.17) is 9.84 Å². The van der Waals surface area contributed by atoms with E-state index in [9.17, 15) is 12.8 Å². The lowest BCUT2D eigenvalue weighted by Crippen LogP contribution is -2.40. The largest absolute Gasteiger partial charge is 0.392 e. The predicted molar refractivity (Wildman–Crippen MR) is 71.2 cm³/mol. The van der Waals surface area contributed by atoms with Gasteiger partial charge in [0.15, 0.2) is 0 Å². The van der Waals surface area contributed by atoms with E-state index in [2.05, 4.69) is 4.72 Å². The molecule has 1 atom stereocenters. The number of hydrogen-bond donors (Lipinski definition) is 2. The number of aliphatic hydroxyl groups excluding tert-OH is 1. The zero-order valence-corrected chi connectivity index (χ0v) is 12.0. The molecule has 20 heavy (non-hydrogen) atoms. The van der Waals surface area contributed by atoms with Crippen LogP contribution in [0.25, 0.3) is 0 Å². The van der Waals surface area contributed by atoms with Crippen LogP contribution in [0.1, 0.15) is 24.0 Å². The van der Waals surface area contributed by atoms with Gasteiger partial charge in [0.25, 0.3) is 0 Å². The van der Waals surface area contributed by atoms with Gasteiger partial charge in [0.2, 0.25) is 10.0 Å². The molecule has 1 aliphatic rings. The molecular weight excluding hydrogens is 285 g/mol. The van der Waals surface area contributed by atoms with E-state index in [0.717, 1.165) is 12.5 Å². The third kappa shape index (κ3) is 3.35. The summed E-state index contributed by atoms with van der Waals surface area (Å²) in [5.41, 5.74) is 0.278. The van der Waals surface area contributed by atoms with Crippen molar-refractivity contribution in [1.82, 2.24) is 4.72 Å². The molecule has 0 amide bonds. The van der Waals surface area contributed by atoms with Gasteiger partial charge >= 0.3 is 0 Å². The molecule has 112 valence electrons. The zero-order chi connectivity index (χ0) is 14.8. The molecular formula is C13H18FNO4S. The Bertz CT molecular complexity index is 582. The Kier molecular flexibility index (Phi) is 4.74. The van der Waals surface area contributed by atoms with Crippen molar-refractivity contribution in [2.24, 2.45) is 0 Å². The minimum absolute atomic E-state index is 0.0476. The molecule has 0 aromatic heterocycles. The van der Waals surface area contributed by atoms with Gasteiger partial charge in [0.05, 0.1) is 18.1 Å². The van der Waals surface area contributed by atoms with E-state index >= 15 is 0 Å². The van der Waals surface area contributed by atoms with Crippen LogP contribution in [0.5, 0.6) is 0 Å². The number of ether oxygens (including phenoxy) is 1. The first kappa shape index (κ1) is 15.4. The van der Waals surface area contributed by atoms with Crippen LogP contribution in [0.4, 0.5) is 4.39 Å². The van der Waals surface area contributed by atoms with Gasteiger partial charge < -0.3 is 9.84 Å². The van der Waals surface area contributed by atoms with E-state index in [0.29, 0.717) is 19.6 Å². The fourth-order valence-corrected chi connectivity index (χ4v) is 3.75. The molecule has 1 heterocycles. The quantitative estimate of drug-likeness (QED) is 0.873. The number of aliphatic hydroxyl groups is 1. The molecule has 2 N–H and O–H groups in total. The highest BCUT2D eigenvalue weighted by Gasteiger charge is 2.25. The Morgan fingerprint density at radius 1 is 1.50 bits per heavy atom. The second-order valence-electron chi connectivity index (χ2n) is 4.89. The van der Waals surface area contributed by atoms with Gasteiger partial charge in [0, 0.05) is 18.2 Å². The van der Waals surface area contributed by atoms with E-state index < -0.39 is 22.4 Å². The van der Waals surface area contributed by atoms with Gasteiger partial charge in [-0.25, -0.2) is 17.5 Å². The predicted octanol–water partition coefficient (Wildman–Crippen LogP) is 1.08. The summed E-state index contributed by atoms with van der Waals surface area (Å²) in [5, 5.41) is 9.06. The summed E-state index contributed by atoms with van der Waals surface area (Å²) in [6, 6.07) is 2.14. The van der Waals surface area contributed by atoms with Crippen molar-refractivity contribution in [3.63, 3.8) is 0 Å². The monoisotopic (exact) mass is 303 g/mol. The van der Waals surface area contributed by atoms with Crippen molar-refractivity contribution in [1.29, 1.82) is 0 Å². The van der Waals surface area contributed by atoms with Gasteiger partial charge in [-0.1, -0.05) is 0 Å². The van der Waals surface area contributed by atoms with Crippen molar-refractivity contribution in [3.8, 4) is 0 Å². The lowest BCUT2D eigenvalue weighted by Gasteiger charge is -2.23. The molecule has 0 aliphatic carbocycles. The second-order valence-corrected chi connectivity index (χ2v) is 6.58. The number of benzene rings is 1. The summed E-state index contributed by atoms with van der Waals surface area (Å²) in [6.45, 7) is 1.95. The van der Waals surface area contributed by atoms with Crippen LogP contribution in [0.15, 0.2) is 17.0 Å². The second kappa shape index (κ2) is 6.17. The third-order valence-electron chi connectivity index (χ3n) is 3.31. The van der Waals surface area contributed by atoms with Crippen molar-refractivity contribution >= 4 is 10.0 Å². The lowest BCUT2D eigenvalue weighted by atomic mass is 10.1. The van der Waals surface area contributed by atoms with Crippen molar-refractivity contribution < 1.29 is 22.7 Å². The summed E-state index contributed by atoms with van der Waals surface area (Å²) in [4.78, 5) is -0.132. The average Bonchev–Trinajstić information content (AvgIpc) is 2.42. The summed E-state index contributed by atoms with van der Waals surface area (Å²) in [6.07, 6.45) is 1.48. The molecule has 1 aliphatic heterocycles. The lowest BCUT2D eigenvalue weighted by molar-refractivity contribution is 0.0774. The summed E-state index contributed by atoms with van der Waals surface area (Å²) in [5.74, 6) is -0.642. The van der Waals surface area contributed by atoms with Gasteiger partial charge in [0.1, 0.15) is 5.82 Å². The molecule has 1 saturated heterocycles. The molecule has 1 aromatic rings.